The summed E-state index contributed by atoms with van der Waals surface area (Å²) < 4.78 is 15.1. The third kappa shape index (κ3) is 2.75. The molecule has 0 radical (unpaired) electrons. The Hall–Kier alpha value is -0.970. The first-order chi connectivity index (χ1) is 7.25. The third-order valence-electron chi connectivity index (χ3n) is 2.88. The molecule has 1 saturated carbocycles. The molecule has 4 nitrogen and oxygen atoms in total. The quantitative estimate of drug-likeness (QED) is 0.818. The fourth-order valence-corrected chi connectivity index (χ4v) is 2.03. The molecule has 2 atom stereocenters. The Morgan fingerprint density at radius 3 is 3.00 bits per heavy atom. The maximum atomic E-state index is 13.5. The molecule has 0 bridgehead atoms. The lowest BCUT2D eigenvalue weighted by atomic mass is 9.93. The van der Waals surface area contributed by atoms with E-state index in [2.05, 4.69) is 15.6 Å². The largest absolute Gasteiger partial charge is 0.305 e. The topological polar surface area (TPSA) is 42.7 Å². The van der Waals surface area contributed by atoms with Gasteiger partial charge in [0, 0.05) is 25.8 Å². The van der Waals surface area contributed by atoms with Gasteiger partial charge >= 0.3 is 0 Å². The highest BCUT2D eigenvalue weighted by molar-refractivity contribution is 4.93. The second-order valence-corrected chi connectivity index (χ2v) is 4.17. The molecule has 1 aliphatic rings. The van der Waals surface area contributed by atoms with E-state index >= 15 is 0 Å². The number of alkyl halides is 1. The second kappa shape index (κ2) is 4.70. The zero-order valence-electron chi connectivity index (χ0n) is 8.99. The smallest absolute Gasteiger partial charge is 0.115 e. The zero-order chi connectivity index (χ0) is 10.7. The van der Waals surface area contributed by atoms with Crippen molar-refractivity contribution in [3.63, 3.8) is 0 Å². The van der Waals surface area contributed by atoms with E-state index in [1.165, 1.54) is 0 Å². The van der Waals surface area contributed by atoms with Gasteiger partial charge in [0.25, 0.3) is 0 Å². The maximum Gasteiger partial charge on any atom is 0.115 e. The number of rotatable bonds is 3. The van der Waals surface area contributed by atoms with Gasteiger partial charge in [-0.05, 0) is 12.8 Å². The van der Waals surface area contributed by atoms with Crippen molar-refractivity contribution >= 4 is 0 Å². The number of hydrogen-bond donors (Lipinski definition) is 1. The lowest BCUT2D eigenvalue weighted by Gasteiger charge is -2.26. The summed E-state index contributed by atoms with van der Waals surface area (Å²) >= 11 is 0. The van der Waals surface area contributed by atoms with Gasteiger partial charge in [0.2, 0.25) is 0 Å². The molecule has 0 amide bonds. The fourth-order valence-electron chi connectivity index (χ4n) is 2.03. The average Bonchev–Trinajstić information content (AvgIpc) is 2.63. The van der Waals surface area contributed by atoms with Crippen molar-refractivity contribution in [1.29, 1.82) is 0 Å². The summed E-state index contributed by atoms with van der Waals surface area (Å²) in [5.74, 6) is 0. The Morgan fingerprint density at radius 1 is 1.53 bits per heavy atom. The standard InChI is InChI=1S/C10H17FN4/c1-15-7-8(13-14-15)6-12-10-5-3-2-4-9(10)11/h7,9-10,12H,2-6H2,1H3/t9-,10-/m1/s1. The van der Waals surface area contributed by atoms with Crippen molar-refractivity contribution in [2.24, 2.45) is 7.05 Å². The summed E-state index contributed by atoms with van der Waals surface area (Å²) in [5, 5.41) is 11.0. The molecule has 0 saturated heterocycles. The molecule has 5 heteroatoms. The fraction of sp³-hybridized carbons (Fsp3) is 0.800. The van der Waals surface area contributed by atoms with E-state index in [0.29, 0.717) is 13.0 Å². The molecule has 84 valence electrons. The highest BCUT2D eigenvalue weighted by Crippen LogP contribution is 2.21. The van der Waals surface area contributed by atoms with Crippen LogP contribution >= 0.6 is 0 Å². The Labute approximate surface area is 88.9 Å². The van der Waals surface area contributed by atoms with Crippen LogP contribution in [0.3, 0.4) is 0 Å². The minimum atomic E-state index is -0.699. The highest BCUT2D eigenvalue weighted by Gasteiger charge is 2.23. The molecule has 1 aliphatic carbocycles. The Morgan fingerprint density at radius 2 is 2.33 bits per heavy atom. The first-order valence-electron chi connectivity index (χ1n) is 5.48. The van der Waals surface area contributed by atoms with Crippen molar-refractivity contribution in [3.8, 4) is 0 Å². The normalized spacial score (nSPS) is 26.8. The molecule has 1 heterocycles. The maximum absolute atomic E-state index is 13.5. The van der Waals surface area contributed by atoms with Crippen molar-refractivity contribution in [2.75, 3.05) is 0 Å². The Balaban J connectivity index is 1.81. The molecule has 15 heavy (non-hydrogen) atoms. The highest BCUT2D eigenvalue weighted by atomic mass is 19.1. The first kappa shape index (κ1) is 10.5. The van der Waals surface area contributed by atoms with Crippen molar-refractivity contribution < 1.29 is 4.39 Å². The molecular formula is C10H17FN4. The van der Waals surface area contributed by atoms with E-state index in [-0.39, 0.29) is 6.04 Å². The lowest BCUT2D eigenvalue weighted by molar-refractivity contribution is 0.188. The van der Waals surface area contributed by atoms with Gasteiger partial charge in [0.05, 0.1) is 5.69 Å². The van der Waals surface area contributed by atoms with Crippen LogP contribution in [0.2, 0.25) is 0 Å². The molecule has 1 aromatic rings. The van der Waals surface area contributed by atoms with Crippen molar-refractivity contribution in [2.45, 2.75) is 44.4 Å². The Kier molecular flexibility index (Phi) is 3.30. The molecule has 0 aromatic carbocycles. The van der Waals surface area contributed by atoms with Gasteiger partial charge in [-0.25, -0.2) is 4.39 Å². The van der Waals surface area contributed by atoms with Crippen molar-refractivity contribution in [3.05, 3.63) is 11.9 Å². The number of halogens is 1. The van der Waals surface area contributed by atoms with Gasteiger partial charge in [0.1, 0.15) is 6.17 Å². The monoisotopic (exact) mass is 212 g/mol. The van der Waals surface area contributed by atoms with E-state index < -0.39 is 6.17 Å². The van der Waals surface area contributed by atoms with Crippen LogP contribution < -0.4 is 5.32 Å². The summed E-state index contributed by atoms with van der Waals surface area (Å²) in [5.41, 5.74) is 0.871. The van der Waals surface area contributed by atoms with Crippen LogP contribution in [-0.4, -0.2) is 27.2 Å². The van der Waals surface area contributed by atoms with Crippen LogP contribution in [-0.2, 0) is 13.6 Å². The van der Waals surface area contributed by atoms with Gasteiger partial charge < -0.3 is 5.32 Å². The molecule has 1 N–H and O–H groups in total. The molecule has 0 spiro atoms. The van der Waals surface area contributed by atoms with E-state index in [9.17, 15) is 4.39 Å². The minimum absolute atomic E-state index is 0.000700. The molecule has 1 fully saturated rings. The van der Waals surface area contributed by atoms with Crippen LogP contribution in [0.5, 0.6) is 0 Å². The molecular weight excluding hydrogens is 195 g/mol. The number of aryl methyl sites for hydroxylation is 1. The van der Waals surface area contributed by atoms with E-state index in [1.54, 1.807) is 4.68 Å². The van der Waals surface area contributed by atoms with E-state index in [1.807, 2.05) is 13.2 Å². The predicted octanol–water partition coefficient (Wildman–Crippen LogP) is 1.19. The van der Waals surface area contributed by atoms with Crippen LogP contribution in [0.15, 0.2) is 6.20 Å². The number of hydrogen-bond acceptors (Lipinski definition) is 3. The molecule has 0 aliphatic heterocycles. The van der Waals surface area contributed by atoms with Crippen LogP contribution in [0.1, 0.15) is 31.4 Å². The average molecular weight is 212 g/mol. The minimum Gasteiger partial charge on any atom is -0.305 e. The first-order valence-corrected chi connectivity index (χ1v) is 5.48. The van der Waals surface area contributed by atoms with Gasteiger partial charge in [-0.1, -0.05) is 18.1 Å². The molecule has 1 aromatic heterocycles. The summed E-state index contributed by atoms with van der Waals surface area (Å²) in [6.07, 6.45) is 4.92. The summed E-state index contributed by atoms with van der Waals surface area (Å²) in [6, 6.07) is 0.000700. The SMILES string of the molecule is Cn1cc(CN[C@@H]2CCCC[C@H]2F)nn1. The van der Waals surface area contributed by atoms with E-state index in [0.717, 1.165) is 25.0 Å². The van der Waals surface area contributed by atoms with Gasteiger partial charge in [-0.15, -0.1) is 5.10 Å². The summed E-state index contributed by atoms with van der Waals surface area (Å²) in [7, 11) is 1.83. The van der Waals surface area contributed by atoms with Gasteiger partial charge in [-0.3, -0.25) is 4.68 Å². The van der Waals surface area contributed by atoms with Crippen LogP contribution in [0, 0.1) is 0 Å². The molecule has 0 unspecified atom stereocenters. The van der Waals surface area contributed by atoms with Gasteiger partial charge in [-0.2, -0.15) is 0 Å². The summed E-state index contributed by atoms with van der Waals surface area (Å²) in [4.78, 5) is 0. The van der Waals surface area contributed by atoms with E-state index in [4.69, 9.17) is 0 Å². The zero-order valence-corrected chi connectivity index (χ0v) is 8.99. The third-order valence-corrected chi connectivity index (χ3v) is 2.88. The number of nitrogens with one attached hydrogen (secondary N) is 1. The number of aromatic nitrogens is 3. The predicted molar refractivity (Wildman–Crippen MR) is 55.0 cm³/mol. The van der Waals surface area contributed by atoms with Crippen LogP contribution in [0.25, 0.3) is 0 Å². The van der Waals surface area contributed by atoms with Gasteiger partial charge in [0.15, 0.2) is 0 Å². The summed E-state index contributed by atoms with van der Waals surface area (Å²) in [6.45, 7) is 0.610. The van der Waals surface area contributed by atoms with Crippen molar-refractivity contribution in [1.82, 2.24) is 20.3 Å². The molecule has 2 rings (SSSR count). The second-order valence-electron chi connectivity index (χ2n) is 4.17. The lowest BCUT2D eigenvalue weighted by Crippen LogP contribution is -2.39. The van der Waals surface area contributed by atoms with Crippen LogP contribution in [0.4, 0.5) is 4.39 Å². The Bertz CT molecular complexity index is 312. The number of nitrogens with zero attached hydrogens (tertiary/aromatic N) is 3.